The fraction of sp³-hybridized carbons (Fsp3) is 0.200. The van der Waals surface area contributed by atoms with Gasteiger partial charge < -0.3 is 19.0 Å². The van der Waals surface area contributed by atoms with E-state index in [1.165, 1.54) is 0 Å². The number of fused-ring (bicyclic) bond motifs is 2. The van der Waals surface area contributed by atoms with Crippen LogP contribution in [0.25, 0.3) is 33.4 Å². The topological polar surface area (TPSA) is 99.9 Å². The summed E-state index contributed by atoms with van der Waals surface area (Å²) >= 11 is 12.4. The smallest absolute Gasteiger partial charge is 0.312 e. The number of hydrogen-bond donors (Lipinski definition) is 1. The second-order valence-electron chi connectivity index (χ2n) is 10.1. The molecule has 0 bridgehead atoms. The van der Waals surface area contributed by atoms with Crippen LogP contribution in [0.15, 0.2) is 60.9 Å². The molecule has 2 unspecified atom stereocenters. The molecular weight excluding hydrogens is 563 g/mol. The van der Waals surface area contributed by atoms with E-state index >= 15 is 0 Å². The van der Waals surface area contributed by atoms with Crippen molar-refractivity contribution >= 4 is 57.3 Å². The number of halogens is 2. The highest BCUT2D eigenvalue weighted by Gasteiger charge is 2.40. The van der Waals surface area contributed by atoms with Gasteiger partial charge in [0.2, 0.25) is 0 Å². The first-order chi connectivity index (χ1) is 19.6. The van der Waals surface area contributed by atoms with Gasteiger partial charge in [0.1, 0.15) is 23.8 Å². The molecule has 208 valence electrons. The molecule has 1 N–H and O–H groups in total. The third kappa shape index (κ3) is 4.24. The number of aryl methyl sites for hydroxylation is 4. The number of carboxylic acid groups (broad SMARTS) is 1. The molecule has 9 nitrogen and oxygen atoms in total. The highest BCUT2D eigenvalue weighted by atomic mass is 35.5. The van der Waals surface area contributed by atoms with Gasteiger partial charge in [-0.25, -0.2) is 0 Å². The molecule has 0 aliphatic rings. The zero-order valence-corrected chi connectivity index (χ0v) is 24.2. The van der Waals surface area contributed by atoms with Crippen LogP contribution in [0.5, 0.6) is 0 Å². The first-order valence-corrected chi connectivity index (χ1v) is 13.6. The Morgan fingerprint density at radius 1 is 0.805 bits per heavy atom. The van der Waals surface area contributed by atoms with Gasteiger partial charge in [-0.15, -0.1) is 0 Å². The maximum absolute atomic E-state index is 13.2. The summed E-state index contributed by atoms with van der Waals surface area (Å²) in [5.41, 5.74) is 3.74. The van der Waals surface area contributed by atoms with Gasteiger partial charge >= 0.3 is 5.97 Å². The summed E-state index contributed by atoms with van der Waals surface area (Å²) in [5, 5.41) is 23.0. The van der Waals surface area contributed by atoms with Crippen LogP contribution >= 0.6 is 23.2 Å². The zero-order valence-electron chi connectivity index (χ0n) is 22.7. The molecule has 41 heavy (non-hydrogen) atoms. The van der Waals surface area contributed by atoms with Crippen LogP contribution in [0.1, 0.15) is 34.4 Å². The summed E-state index contributed by atoms with van der Waals surface area (Å²) in [7, 11) is 3.54. The van der Waals surface area contributed by atoms with Gasteiger partial charge in [0, 0.05) is 58.4 Å². The van der Waals surface area contributed by atoms with Gasteiger partial charge in [0.05, 0.1) is 28.3 Å². The molecule has 2 atom stereocenters. The van der Waals surface area contributed by atoms with E-state index in [0.717, 1.165) is 21.8 Å². The van der Waals surface area contributed by atoms with Crippen LogP contribution in [0, 0.1) is 13.8 Å². The summed E-state index contributed by atoms with van der Waals surface area (Å²) in [6.45, 7) is 3.55. The molecular formula is C30H26Cl2N6O3. The highest BCUT2D eigenvalue weighted by molar-refractivity contribution is 6.31. The van der Waals surface area contributed by atoms with Crippen LogP contribution in [-0.2, 0) is 23.7 Å². The summed E-state index contributed by atoms with van der Waals surface area (Å²) in [5.74, 6) is -2.30. The number of carbonyl (C=O) groups excluding carboxylic acids is 1. The molecule has 6 aromatic rings. The van der Waals surface area contributed by atoms with E-state index in [1.807, 2.05) is 57.9 Å². The fourth-order valence-electron chi connectivity index (χ4n) is 6.02. The Kier molecular flexibility index (Phi) is 6.51. The van der Waals surface area contributed by atoms with Crippen molar-refractivity contribution in [2.24, 2.45) is 14.1 Å². The van der Waals surface area contributed by atoms with Crippen molar-refractivity contribution in [3.05, 3.63) is 93.5 Å². The van der Waals surface area contributed by atoms with E-state index < -0.39 is 17.8 Å². The summed E-state index contributed by atoms with van der Waals surface area (Å²) < 4.78 is 7.13. The Morgan fingerprint density at radius 3 is 1.73 bits per heavy atom. The molecule has 0 spiro atoms. The number of aromatic nitrogens is 6. The number of benzene rings is 2. The quantitative estimate of drug-likeness (QED) is 0.227. The first-order valence-electron chi connectivity index (χ1n) is 12.9. The average Bonchev–Trinajstić information content (AvgIpc) is 3.65. The Balaban J connectivity index is 1.58. The Labute approximate surface area is 245 Å². The summed E-state index contributed by atoms with van der Waals surface area (Å²) in [4.78, 5) is 26.2. The van der Waals surface area contributed by atoms with E-state index in [0.29, 0.717) is 50.5 Å². The summed E-state index contributed by atoms with van der Waals surface area (Å²) in [6, 6.07) is 14.9. The molecule has 6 rings (SSSR count). The van der Waals surface area contributed by atoms with Crippen molar-refractivity contribution in [2.75, 3.05) is 0 Å². The molecule has 0 fully saturated rings. The van der Waals surface area contributed by atoms with Crippen molar-refractivity contribution < 1.29 is 14.7 Å². The van der Waals surface area contributed by atoms with Gasteiger partial charge in [0.25, 0.3) is 0 Å². The van der Waals surface area contributed by atoms with Gasteiger partial charge in [-0.3, -0.25) is 14.2 Å². The van der Waals surface area contributed by atoms with E-state index in [9.17, 15) is 14.7 Å². The minimum Gasteiger partial charge on any atom is -0.481 e. The lowest BCUT2D eigenvalue weighted by Gasteiger charge is -2.23. The third-order valence-corrected chi connectivity index (χ3v) is 8.12. The minimum absolute atomic E-state index is 0.447. The van der Waals surface area contributed by atoms with Crippen molar-refractivity contribution in [2.45, 2.75) is 25.7 Å². The number of aliphatic carboxylic acids is 1. The number of hydrogen-bond acceptors (Lipinski definition) is 4. The van der Waals surface area contributed by atoms with Crippen LogP contribution < -0.4 is 0 Å². The van der Waals surface area contributed by atoms with Crippen LogP contribution in [0.2, 0.25) is 10.0 Å². The SMILES string of the molecule is Cc1nn(C)c(-n2ccc3cc(Cl)ccc32)c1C(C=O)C(C(=O)O)c1c(C)nn(C)c1-n1ccc2cc(Cl)ccc21. The fourth-order valence-corrected chi connectivity index (χ4v) is 6.38. The lowest BCUT2D eigenvalue weighted by Crippen LogP contribution is -2.25. The van der Waals surface area contributed by atoms with Crippen LogP contribution in [-0.4, -0.2) is 46.1 Å². The van der Waals surface area contributed by atoms with Gasteiger partial charge in [-0.1, -0.05) is 23.2 Å². The van der Waals surface area contributed by atoms with Crippen molar-refractivity contribution in [1.82, 2.24) is 28.7 Å². The number of aldehydes is 1. The molecule has 0 radical (unpaired) electrons. The monoisotopic (exact) mass is 588 g/mol. The maximum atomic E-state index is 13.2. The van der Waals surface area contributed by atoms with Crippen molar-refractivity contribution in [3.8, 4) is 11.6 Å². The first kappa shape index (κ1) is 26.9. The molecule has 0 amide bonds. The number of carboxylic acids is 1. The lowest BCUT2D eigenvalue weighted by atomic mass is 9.81. The third-order valence-electron chi connectivity index (χ3n) is 7.65. The normalized spacial score (nSPS) is 13.2. The Morgan fingerprint density at radius 2 is 1.27 bits per heavy atom. The highest BCUT2D eigenvalue weighted by Crippen LogP contribution is 2.41. The van der Waals surface area contributed by atoms with Crippen molar-refractivity contribution in [1.29, 1.82) is 0 Å². The minimum atomic E-state index is -1.25. The molecule has 4 aromatic heterocycles. The number of carbonyl (C=O) groups is 2. The Hall–Kier alpha value is -4.34. The predicted molar refractivity (Wildman–Crippen MR) is 159 cm³/mol. The Bertz CT molecular complexity index is 2000. The standard InChI is InChI=1S/C30H26Cl2N6O3/c1-16-25(28(35(3)33-16)37-11-9-18-13-20(31)5-7-23(18)37)22(15-39)27(30(40)41)26-17(2)34-36(4)29(26)38-12-10-19-14-21(32)6-8-24(19)38/h5-15,22,27H,1-4H3,(H,40,41). The average molecular weight is 589 g/mol. The second-order valence-corrected chi connectivity index (χ2v) is 11.0. The molecule has 2 aromatic carbocycles. The van der Waals surface area contributed by atoms with Crippen molar-refractivity contribution in [3.63, 3.8) is 0 Å². The van der Waals surface area contributed by atoms with Gasteiger partial charge in [-0.2, -0.15) is 10.2 Å². The van der Waals surface area contributed by atoms with Gasteiger partial charge in [-0.05, 0) is 62.4 Å². The van der Waals surface area contributed by atoms with Crippen LogP contribution in [0.4, 0.5) is 0 Å². The number of rotatable bonds is 7. The van der Waals surface area contributed by atoms with E-state index in [4.69, 9.17) is 23.2 Å². The summed E-state index contributed by atoms with van der Waals surface area (Å²) in [6.07, 6.45) is 4.43. The maximum Gasteiger partial charge on any atom is 0.312 e. The van der Waals surface area contributed by atoms with Gasteiger partial charge in [0.15, 0.2) is 0 Å². The molecule has 0 saturated heterocycles. The molecule has 11 heteroatoms. The van der Waals surface area contributed by atoms with E-state index in [1.54, 1.807) is 49.4 Å². The molecule has 0 aliphatic heterocycles. The van der Waals surface area contributed by atoms with Crippen LogP contribution in [0.3, 0.4) is 0 Å². The van der Waals surface area contributed by atoms with E-state index in [-0.39, 0.29) is 0 Å². The molecule has 0 saturated carbocycles. The molecule has 0 aliphatic carbocycles. The largest absolute Gasteiger partial charge is 0.481 e. The second kappa shape index (κ2) is 9.94. The predicted octanol–water partition coefficient (Wildman–Crippen LogP) is 6.12. The van der Waals surface area contributed by atoms with E-state index in [2.05, 4.69) is 10.2 Å². The lowest BCUT2D eigenvalue weighted by molar-refractivity contribution is -0.140. The zero-order chi connectivity index (χ0) is 29.2. The number of nitrogens with zero attached hydrogens (tertiary/aromatic N) is 6. The molecule has 4 heterocycles.